The van der Waals surface area contributed by atoms with Gasteiger partial charge >= 0.3 is 6.36 Å². The van der Waals surface area contributed by atoms with E-state index in [9.17, 15) is 18.4 Å². The number of nitrogens with two attached hydrogens (primary N) is 1. The molecule has 0 amide bonds. The van der Waals surface area contributed by atoms with Crippen molar-refractivity contribution >= 4 is 10.9 Å². The molecule has 5 rings (SSSR count). The first kappa shape index (κ1) is 26.6. The van der Waals surface area contributed by atoms with Crippen molar-refractivity contribution in [3.05, 3.63) is 65.4 Å². The molecule has 202 valence electrons. The molecule has 1 aliphatic heterocycles. The zero-order chi connectivity index (χ0) is 26.7. The maximum Gasteiger partial charge on any atom is 0.573 e. The number of piperidine rings is 1. The average molecular weight is 525 g/mol. The van der Waals surface area contributed by atoms with E-state index in [1.807, 2.05) is 24.3 Å². The Hall–Kier alpha value is -3.02. The fourth-order valence-corrected chi connectivity index (χ4v) is 6.21. The summed E-state index contributed by atoms with van der Waals surface area (Å²) in [4.78, 5) is 2.40. The minimum Gasteiger partial charge on any atom is -0.406 e. The molecule has 2 N–H and O–H groups in total. The van der Waals surface area contributed by atoms with Gasteiger partial charge < -0.3 is 19.9 Å². The van der Waals surface area contributed by atoms with Crippen LogP contribution in [0.5, 0.6) is 5.75 Å². The number of ether oxygens (including phenoxy) is 1. The maximum atomic E-state index is 13.0. The molecular formula is C30H35F3N4O. The van der Waals surface area contributed by atoms with Crippen LogP contribution < -0.4 is 10.5 Å². The van der Waals surface area contributed by atoms with E-state index in [2.05, 4.69) is 26.5 Å². The molecule has 1 unspecified atom stereocenters. The first-order valence-electron chi connectivity index (χ1n) is 13.7. The fraction of sp³-hybridized carbons (Fsp3) is 0.500. The number of hydrogen-bond acceptors (Lipinski definition) is 4. The van der Waals surface area contributed by atoms with Gasteiger partial charge in [0, 0.05) is 35.1 Å². The van der Waals surface area contributed by atoms with Crippen molar-refractivity contribution in [3.8, 4) is 11.8 Å². The van der Waals surface area contributed by atoms with E-state index in [1.165, 1.54) is 31.4 Å². The first-order chi connectivity index (χ1) is 18.3. The molecule has 8 heteroatoms. The molecule has 0 radical (unpaired) electrons. The molecule has 1 aromatic heterocycles. The van der Waals surface area contributed by atoms with Gasteiger partial charge in [0.05, 0.1) is 11.6 Å². The summed E-state index contributed by atoms with van der Waals surface area (Å²) in [7, 11) is 0. The van der Waals surface area contributed by atoms with Gasteiger partial charge in [-0.2, -0.15) is 5.26 Å². The lowest BCUT2D eigenvalue weighted by molar-refractivity contribution is -0.274. The standard InChI is InChI=1S/C30H35F3N4O/c31-30(32,33)38-25-8-4-5-22(18-25)26(13-16-36-14-11-23(35)12-15-36)28-20-37(24-6-2-1-3-7-24)29-10-9-21(19-34)17-27(28)29/h4-5,8-10,17-18,20,23-24,26H,1-3,6-7,11-16,35H2. The Kier molecular flexibility index (Phi) is 7.96. The zero-order valence-corrected chi connectivity index (χ0v) is 21.6. The first-order valence-corrected chi connectivity index (χ1v) is 13.7. The van der Waals surface area contributed by atoms with E-state index in [-0.39, 0.29) is 17.7 Å². The predicted molar refractivity (Wildman–Crippen MR) is 142 cm³/mol. The van der Waals surface area contributed by atoms with Crippen LogP contribution in [0.15, 0.2) is 48.7 Å². The number of likely N-dealkylation sites (tertiary alicyclic amines) is 1. The number of nitrogens with zero attached hydrogens (tertiary/aromatic N) is 3. The third kappa shape index (κ3) is 6.16. The van der Waals surface area contributed by atoms with E-state index in [0.29, 0.717) is 11.6 Å². The summed E-state index contributed by atoms with van der Waals surface area (Å²) >= 11 is 0. The smallest absolute Gasteiger partial charge is 0.406 e. The van der Waals surface area contributed by atoms with E-state index in [1.54, 1.807) is 6.07 Å². The van der Waals surface area contributed by atoms with Gasteiger partial charge in [-0.15, -0.1) is 13.2 Å². The third-order valence-corrected chi connectivity index (χ3v) is 8.20. The molecule has 1 saturated carbocycles. The van der Waals surface area contributed by atoms with Gasteiger partial charge in [0.25, 0.3) is 0 Å². The lowest BCUT2D eigenvalue weighted by Crippen LogP contribution is -2.40. The second-order valence-electron chi connectivity index (χ2n) is 10.8. The van der Waals surface area contributed by atoms with E-state index < -0.39 is 6.36 Å². The summed E-state index contributed by atoms with van der Waals surface area (Å²) < 4.78 is 45.8. The summed E-state index contributed by atoms with van der Waals surface area (Å²) in [5.74, 6) is -0.360. The Morgan fingerprint density at radius 2 is 1.79 bits per heavy atom. The quantitative estimate of drug-likeness (QED) is 0.367. The van der Waals surface area contributed by atoms with Crippen LogP contribution in [-0.2, 0) is 0 Å². The average Bonchev–Trinajstić information content (AvgIpc) is 3.28. The number of rotatable bonds is 7. The van der Waals surface area contributed by atoms with Crippen LogP contribution >= 0.6 is 0 Å². The highest BCUT2D eigenvalue weighted by atomic mass is 19.4. The highest BCUT2D eigenvalue weighted by Crippen LogP contribution is 2.40. The summed E-state index contributed by atoms with van der Waals surface area (Å²) in [6.07, 6.45) is 5.93. The maximum absolute atomic E-state index is 13.0. The fourth-order valence-electron chi connectivity index (χ4n) is 6.21. The Labute approximate surface area is 222 Å². The number of halogens is 3. The van der Waals surface area contributed by atoms with Gasteiger partial charge in [-0.05, 0) is 93.2 Å². The summed E-state index contributed by atoms with van der Waals surface area (Å²) in [6, 6.07) is 15.1. The molecule has 2 aliphatic rings. The molecule has 0 bridgehead atoms. The van der Waals surface area contributed by atoms with Crippen LogP contribution in [0.25, 0.3) is 10.9 Å². The zero-order valence-electron chi connectivity index (χ0n) is 21.6. The van der Waals surface area contributed by atoms with Gasteiger partial charge in [0.15, 0.2) is 0 Å². The molecule has 0 spiro atoms. The van der Waals surface area contributed by atoms with Crippen molar-refractivity contribution in [1.29, 1.82) is 5.26 Å². The van der Waals surface area contributed by atoms with E-state index in [0.717, 1.165) is 73.8 Å². The number of hydrogen-bond donors (Lipinski definition) is 1. The summed E-state index contributed by atoms with van der Waals surface area (Å²) in [5, 5.41) is 10.6. The van der Waals surface area contributed by atoms with Crippen molar-refractivity contribution in [2.24, 2.45) is 5.73 Å². The third-order valence-electron chi connectivity index (χ3n) is 8.20. The largest absolute Gasteiger partial charge is 0.573 e. The summed E-state index contributed by atoms with van der Waals surface area (Å²) in [6.45, 7) is 2.66. The highest BCUT2D eigenvalue weighted by molar-refractivity contribution is 5.86. The summed E-state index contributed by atoms with van der Waals surface area (Å²) in [5.41, 5.74) is 9.61. The minimum atomic E-state index is -4.75. The van der Waals surface area contributed by atoms with Crippen LogP contribution in [0.2, 0.25) is 0 Å². The van der Waals surface area contributed by atoms with Crippen LogP contribution in [0.3, 0.4) is 0 Å². The molecule has 1 saturated heterocycles. The highest BCUT2D eigenvalue weighted by Gasteiger charge is 2.32. The van der Waals surface area contributed by atoms with E-state index in [4.69, 9.17) is 5.73 Å². The van der Waals surface area contributed by atoms with Gasteiger partial charge in [-0.25, -0.2) is 0 Å². The SMILES string of the molecule is N#Cc1ccc2c(c1)c(C(CCN1CCC(N)CC1)c1cccc(OC(F)(F)F)c1)cn2C1CCCCC1. The van der Waals surface area contributed by atoms with Crippen molar-refractivity contribution in [2.75, 3.05) is 19.6 Å². The monoisotopic (exact) mass is 524 g/mol. The van der Waals surface area contributed by atoms with Gasteiger partial charge in [-0.1, -0.05) is 31.4 Å². The van der Waals surface area contributed by atoms with Crippen LogP contribution in [0.4, 0.5) is 13.2 Å². The topological polar surface area (TPSA) is 67.2 Å². The van der Waals surface area contributed by atoms with Gasteiger partial charge in [-0.3, -0.25) is 0 Å². The normalized spacial score (nSPS) is 18.9. The molecule has 2 fully saturated rings. The van der Waals surface area contributed by atoms with Crippen LogP contribution in [-0.4, -0.2) is 41.5 Å². The molecule has 3 aromatic rings. The minimum absolute atomic E-state index is 0.149. The predicted octanol–water partition coefficient (Wildman–Crippen LogP) is 6.86. The Balaban J connectivity index is 1.56. The molecule has 1 atom stereocenters. The Morgan fingerprint density at radius 1 is 1.03 bits per heavy atom. The molecule has 5 nitrogen and oxygen atoms in total. The van der Waals surface area contributed by atoms with Gasteiger partial charge in [0.1, 0.15) is 5.75 Å². The van der Waals surface area contributed by atoms with Gasteiger partial charge in [0.2, 0.25) is 0 Å². The number of nitriles is 1. The lowest BCUT2D eigenvalue weighted by atomic mass is 9.87. The molecule has 2 heterocycles. The molecule has 1 aliphatic carbocycles. The van der Waals surface area contributed by atoms with Crippen molar-refractivity contribution < 1.29 is 17.9 Å². The number of aromatic nitrogens is 1. The second kappa shape index (κ2) is 11.4. The van der Waals surface area contributed by atoms with Crippen molar-refractivity contribution in [3.63, 3.8) is 0 Å². The molecule has 2 aromatic carbocycles. The second-order valence-corrected chi connectivity index (χ2v) is 10.8. The number of alkyl halides is 3. The van der Waals surface area contributed by atoms with Crippen LogP contribution in [0, 0.1) is 11.3 Å². The Bertz CT molecular complexity index is 1280. The van der Waals surface area contributed by atoms with Crippen molar-refractivity contribution in [2.45, 2.75) is 75.7 Å². The Morgan fingerprint density at radius 3 is 2.50 bits per heavy atom. The van der Waals surface area contributed by atoms with Crippen molar-refractivity contribution in [1.82, 2.24) is 9.47 Å². The number of benzene rings is 2. The van der Waals surface area contributed by atoms with E-state index >= 15 is 0 Å². The molecular weight excluding hydrogens is 489 g/mol. The molecule has 38 heavy (non-hydrogen) atoms. The number of fused-ring (bicyclic) bond motifs is 1. The van der Waals surface area contributed by atoms with Crippen LogP contribution in [0.1, 0.15) is 80.0 Å². The lowest BCUT2D eigenvalue weighted by Gasteiger charge is -2.31.